The number of nitrogens with one attached hydrogen (secondary N) is 1. The van der Waals surface area contributed by atoms with Gasteiger partial charge >= 0.3 is 0 Å². The van der Waals surface area contributed by atoms with Crippen LogP contribution >= 0.6 is 0 Å². The summed E-state index contributed by atoms with van der Waals surface area (Å²) in [4.78, 5) is 0. The van der Waals surface area contributed by atoms with Crippen molar-refractivity contribution >= 4 is 0 Å². The predicted octanol–water partition coefficient (Wildman–Crippen LogP) is 3.21. The van der Waals surface area contributed by atoms with Crippen molar-refractivity contribution in [2.75, 3.05) is 0 Å². The highest BCUT2D eigenvalue weighted by atomic mass is 19.1. The summed E-state index contributed by atoms with van der Waals surface area (Å²) < 4.78 is 15.7. The van der Waals surface area contributed by atoms with Gasteiger partial charge in [0, 0.05) is 36.5 Å². The number of aryl methyl sites for hydroxylation is 1. The van der Waals surface area contributed by atoms with Crippen molar-refractivity contribution in [3.8, 4) is 11.1 Å². The molecule has 4 heteroatoms. The van der Waals surface area contributed by atoms with Crippen molar-refractivity contribution in [3.63, 3.8) is 0 Å². The highest BCUT2D eigenvalue weighted by Gasteiger charge is 2.08. The molecule has 1 N–H and O–H groups in total. The fraction of sp³-hybridized carbons (Fsp3) is 0.400. The van der Waals surface area contributed by atoms with Gasteiger partial charge in [-0.1, -0.05) is 19.9 Å². The largest absolute Gasteiger partial charge is 0.310 e. The molecule has 0 aliphatic carbocycles. The molecule has 102 valence electrons. The zero-order valence-electron chi connectivity index (χ0n) is 11.7. The molecule has 2 aromatic rings. The van der Waals surface area contributed by atoms with Gasteiger partial charge in [-0.3, -0.25) is 4.68 Å². The molecule has 0 spiro atoms. The predicted molar refractivity (Wildman–Crippen MR) is 75.3 cm³/mol. The van der Waals surface area contributed by atoms with E-state index in [9.17, 15) is 4.39 Å². The highest BCUT2D eigenvalue weighted by molar-refractivity contribution is 5.63. The molecule has 0 radical (unpaired) electrons. The standard InChI is InChI=1S/C15H20FN3/c1-4-19-10-13(9-18-19)14-7-12(5-6-15(14)16)8-17-11(2)3/h5-7,9-11,17H,4,8H2,1-3H3. The Bertz CT molecular complexity index is 546. The van der Waals surface area contributed by atoms with Crippen LogP contribution in [0.15, 0.2) is 30.6 Å². The Morgan fingerprint density at radius 1 is 1.37 bits per heavy atom. The van der Waals surface area contributed by atoms with E-state index >= 15 is 0 Å². The first kappa shape index (κ1) is 13.7. The summed E-state index contributed by atoms with van der Waals surface area (Å²) in [6.45, 7) is 7.73. The Morgan fingerprint density at radius 2 is 2.16 bits per heavy atom. The molecule has 0 fully saturated rings. The normalized spacial score (nSPS) is 11.2. The SMILES string of the molecule is CCn1cc(-c2cc(CNC(C)C)ccc2F)cn1. The highest BCUT2D eigenvalue weighted by Crippen LogP contribution is 2.23. The van der Waals surface area contributed by atoms with Crippen LogP contribution in [0, 0.1) is 5.82 Å². The Hall–Kier alpha value is -1.68. The van der Waals surface area contributed by atoms with Crippen LogP contribution in [0.1, 0.15) is 26.3 Å². The van der Waals surface area contributed by atoms with Crippen LogP contribution in [0.3, 0.4) is 0 Å². The summed E-state index contributed by atoms with van der Waals surface area (Å²) in [5.74, 6) is -0.205. The van der Waals surface area contributed by atoms with Gasteiger partial charge in [0.05, 0.1) is 6.20 Å². The molecule has 19 heavy (non-hydrogen) atoms. The van der Waals surface area contributed by atoms with Crippen LogP contribution in [0.5, 0.6) is 0 Å². The van der Waals surface area contributed by atoms with E-state index in [4.69, 9.17) is 0 Å². The molecular weight excluding hydrogens is 241 g/mol. The molecule has 0 aliphatic rings. The van der Waals surface area contributed by atoms with Crippen molar-refractivity contribution in [1.29, 1.82) is 0 Å². The number of hydrogen-bond acceptors (Lipinski definition) is 2. The van der Waals surface area contributed by atoms with Gasteiger partial charge in [0.1, 0.15) is 5.82 Å². The van der Waals surface area contributed by atoms with Gasteiger partial charge in [0.25, 0.3) is 0 Å². The second-order valence-corrected chi connectivity index (χ2v) is 4.93. The molecular formula is C15H20FN3. The summed E-state index contributed by atoms with van der Waals surface area (Å²) in [6, 6.07) is 5.65. The zero-order valence-corrected chi connectivity index (χ0v) is 11.7. The van der Waals surface area contributed by atoms with Crippen molar-refractivity contribution in [1.82, 2.24) is 15.1 Å². The third-order valence-electron chi connectivity index (χ3n) is 3.01. The van der Waals surface area contributed by atoms with E-state index in [2.05, 4.69) is 24.3 Å². The van der Waals surface area contributed by atoms with Crippen molar-refractivity contribution in [2.24, 2.45) is 0 Å². The third-order valence-corrected chi connectivity index (χ3v) is 3.01. The van der Waals surface area contributed by atoms with Crippen LogP contribution in [0.25, 0.3) is 11.1 Å². The van der Waals surface area contributed by atoms with Crippen molar-refractivity contribution in [3.05, 3.63) is 42.0 Å². The first-order chi connectivity index (χ1) is 9.10. The van der Waals surface area contributed by atoms with Gasteiger partial charge in [0.15, 0.2) is 0 Å². The van der Waals surface area contributed by atoms with E-state index < -0.39 is 0 Å². The van der Waals surface area contributed by atoms with Crippen LogP contribution in [-0.2, 0) is 13.1 Å². The Morgan fingerprint density at radius 3 is 2.79 bits per heavy atom. The summed E-state index contributed by atoms with van der Waals surface area (Å²) in [5.41, 5.74) is 2.52. The summed E-state index contributed by atoms with van der Waals surface area (Å²) >= 11 is 0. The Kier molecular flexibility index (Phi) is 4.32. The molecule has 1 aromatic heterocycles. The smallest absolute Gasteiger partial charge is 0.131 e. The summed E-state index contributed by atoms with van der Waals surface area (Å²) in [7, 11) is 0. The van der Waals surface area contributed by atoms with E-state index in [0.717, 1.165) is 24.2 Å². The first-order valence-electron chi connectivity index (χ1n) is 6.64. The van der Waals surface area contributed by atoms with E-state index in [1.165, 1.54) is 6.07 Å². The van der Waals surface area contributed by atoms with Crippen LogP contribution in [0.4, 0.5) is 4.39 Å². The topological polar surface area (TPSA) is 29.9 Å². The molecule has 0 saturated heterocycles. The average Bonchev–Trinajstić information content (AvgIpc) is 2.86. The Labute approximate surface area is 113 Å². The number of benzene rings is 1. The molecule has 1 heterocycles. The second-order valence-electron chi connectivity index (χ2n) is 4.93. The van der Waals surface area contributed by atoms with Crippen LogP contribution in [0.2, 0.25) is 0 Å². The van der Waals surface area contributed by atoms with Gasteiger partial charge in [0.2, 0.25) is 0 Å². The lowest BCUT2D eigenvalue weighted by atomic mass is 10.1. The molecule has 2 rings (SSSR count). The van der Waals surface area contributed by atoms with Crippen molar-refractivity contribution in [2.45, 2.75) is 39.9 Å². The van der Waals surface area contributed by atoms with Crippen LogP contribution in [-0.4, -0.2) is 15.8 Å². The molecule has 1 aromatic carbocycles. The quantitative estimate of drug-likeness (QED) is 0.895. The van der Waals surface area contributed by atoms with Gasteiger partial charge in [-0.15, -0.1) is 0 Å². The number of aromatic nitrogens is 2. The molecule has 0 saturated carbocycles. The average molecular weight is 261 g/mol. The zero-order chi connectivity index (χ0) is 13.8. The van der Waals surface area contributed by atoms with Crippen molar-refractivity contribution < 1.29 is 4.39 Å². The lowest BCUT2D eigenvalue weighted by Gasteiger charge is -2.09. The number of rotatable bonds is 5. The fourth-order valence-corrected chi connectivity index (χ4v) is 1.90. The van der Waals surface area contributed by atoms with E-state index in [-0.39, 0.29) is 5.82 Å². The minimum absolute atomic E-state index is 0.205. The van der Waals surface area contributed by atoms with Gasteiger partial charge < -0.3 is 5.32 Å². The number of hydrogen-bond donors (Lipinski definition) is 1. The lowest BCUT2D eigenvalue weighted by molar-refractivity contribution is 0.586. The summed E-state index contributed by atoms with van der Waals surface area (Å²) in [5, 5.41) is 7.52. The fourth-order valence-electron chi connectivity index (χ4n) is 1.90. The van der Waals surface area contributed by atoms with Gasteiger partial charge in [-0.25, -0.2) is 4.39 Å². The van der Waals surface area contributed by atoms with E-state index in [0.29, 0.717) is 11.6 Å². The minimum atomic E-state index is -0.205. The van der Waals surface area contributed by atoms with E-state index in [1.54, 1.807) is 10.9 Å². The van der Waals surface area contributed by atoms with E-state index in [1.807, 2.05) is 25.3 Å². The maximum Gasteiger partial charge on any atom is 0.131 e. The number of nitrogens with zero attached hydrogens (tertiary/aromatic N) is 2. The number of halogens is 1. The molecule has 3 nitrogen and oxygen atoms in total. The molecule has 0 amide bonds. The van der Waals surface area contributed by atoms with Gasteiger partial charge in [-0.2, -0.15) is 5.10 Å². The maximum atomic E-state index is 13.9. The lowest BCUT2D eigenvalue weighted by Crippen LogP contribution is -2.21. The van der Waals surface area contributed by atoms with Gasteiger partial charge in [-0.05, 0) is 24.6 Å². The monoisotopic (exact) mass is 261 g/mol. The first-order valence-corrected chi connectivity index (χ1v) is 6.64. The molecule has 0 atom stereocenters. The molecule has 0 aliphatic heterocycles. The van der Waals surface area contributed by atoms with Crippen LogP contribution < -0.4 is 5.32 Å². The minimum Gasteiger partial charge on any atom is -0.310 e. The summed E-state index contributed by atoms with van der Waals surface area (Å²) in [6.07, 6.45) is 3.58. The Balaban J connectivity index is 2.26. The molecule has 0 bridgehead atoms. The molecule has 0 unspecified atom stereocenters. The maximum absolute atomic E-state index is 13.9. The second kappa shape index (κ2) is 5.97. The third kappa shape index (κ3) is 3.41.